The van der Waals surface area contributed by atoms with Crippen LogP contribution in [0.4, 0.5) is 11.6 Å². The first kappa shape index (κ1) is 15.2. The quantitative estimate of drug-likeness (QED) is 0.625. The van der Waals surface area contributed by atoms with Gasteiger partial charge < -0.3 is 15.7 Å². The van der Waals surface area contributed by atoms with Gasteiger partial charge in [-0.1, -0.05) is 13.8 Å². The van der Waals surface area contributed by atoms with Crippen LogP contribution in [0.3, 0.4) is 0 Å². The molecule has 0 aliphatic carbocycles. The fraction of sp³-hybridized carbons (Fsp3) is 0.615. The maximum atomic E-state index is 10.7. The van der Waals surface area contributed by atoms with Crippen molar-refractivity contribution in [1.82, 2.24) is 9.97 Å². The van der Waals surface area contributed by atoms with E-state index in [1.54, 1.807) is 13.0 Å². The fourth-order valence-electron chi connectivity index (χ4n) is 1.54. The van der Waals surface area contributed by atoms with Crippen LogP contribution >= 0.6 is 0 Å². The second-order valence-electron chi connectivity index (χ2n) is 4.96. The summed E-state index contributed by atoms with van der Waals surface area (Å²) in [6.45, 7) is 6.81. The minimum atomic E-state index is -0.912. The van der Waals surface area contributed by atoms with Crippen LogP contribution in [-0.4, -0.2) is 33.6 Å². The minimum Gasteiger partial charge on any atom is -0.480 e. The van der Waals surface area contributed by atoms with Gasteiger partial charge in [0.15, 0.2) is 0 Å². The van der Waals surface area contributed by atoms with Gasteiger partial charge in [0.05, 0.1) is 0 Å². The lowest BCUT2D eigenvalue weighted by Crippen LogP contribution is -2.25. The first-order valence-corrected chi connectivity index (χ1v) is 6.54. The van der Waals surface area contributed by atoms with E-state index in [1.807, 2.05) is 0 Å². The summed E-state index contributed by atoms with van der Waals surface area (Å²) in [7, 11) is 0. The number of aromatic nitrogens is 2. The molecule has 0 aliphatic heterocycles. The van der Waals surface area contributed by atoms with Crippen molar-refractivity contribution >= 4 is 17.6 Å². The van der Waals surface area contributed by atoms with E-state index in [1.165, 1.54) is 12.7 Å². The third-order valence-corrected chi connectivity index (χ3v) is 2.67. The number of hydrogen-bond acceptors (Lipinski definition) is 5. The highest BCUT2D eigenvalue weighted by Crippen LogP contribution is 2.10. The van der Waals surface area contributed by atoms with Crippen molar-refractivity contribution < 1.29 is 9.90 Å². The number of aliphatic carboxylic acids is 1. The number of carboxylic acid groups (broad SMARTS) is 1. The Morgan fingerprint density at radius 1 is 1.32 bits per heavy atom. The van der Waals surface area contributed by atoms with Crippen LogP contribution in [0.2, 0.25) is 0 Å². The van der Waals surface area contributed by atoms with Crippen LogP contribution in [0.1, 0.15) is 33.6 Å². The van der Waals surface area contributed by atoms with Crippen molar-refractivity contribution in [2.45, 2.75) is 39.7 Å². The lowest BCUT2D eigenvalue weighted by Gasteiger charge is -2.11. The van der Waals surface area contributed by atoms with Crippen molar-refractivity contribution in [2.24, 2.45) is 5.92 Å². The topological polar surface area (TPSA) is 87.1 Å². The lowest BCUT2D eigenvalue weighted by molar-refractivity contribution is -0.137. The van der Waals surface area contributed by atoms with Crippen molar-refractivity contribution in [1.29, 1.82) is 0 Å². The molecule has 1 aromatic heterocycles. The number of nitrogens with one attached hydrogen (secondary N) is 2. The van der Waals surface area contributed by atoms with E-state index in [0.29, 0.717) is 17.6 Å². The third kappa shape index (κ3) is 6.03. The van der Waals surface area contributed by atoms with Gasteiger partial charge in [-0.3, -0.25) is 4.79 Å². The highest BCUT2D eigenvalue weighted by Gasteiger charge is 2.10. The molecular weight excluding hydrogens is 244 g/mol. The Morgan fingerprint density at radius 2 is 2.00 bits per heavy atom. The second-order valence-corrected chi connectivity index (χ2v) is 4.96. The van der Waals surface area contributed by atoms with Crippen LogP contribution < -0.4 is 10.6 Å². The minimum absolute atomic E-state index is 0.510. The molecule has 1 heterocycles. The highest BCUT2D eigenvalue weighted by molar-refractivity contribution is 5.76. The second kappa shape index (κ2) is 7.56. The zero-order valence-corrected chi connectivity index (χ0v) is 11.7. The van der Waals surface area contributed by atoms with Gasteiger partial charge in [-0.2, -0.15) is 0 Å². The average molecular weight is 266 g/mol. The van der Waals surface area contributed by atoms with Gasteiger partial charge in [0.1, 0.15) is 24.0 Å². The van der Waals surface area contributed by atoms with E-state index >= 15 is 0 Å². The zero-order valence-electron chi connectivity index (χ0n) is 11.7. The largest absolute Gasteiger partial charge is 0.480 e. The van der Waals surface area contributed by atoms with Crippen LogP contribution in [0.15, 0.2) is 12.4 Å². The Hall–Kier alpha value is -1.85. The molecule has 0 radical (unpaired) electrons. The van der Waals surface area contributed by atoms with Crippen LogP contribution in [0, 0.1) is 5.92 Å². The van der Waals surface area contributed by atoms with Crippen molar-refractivity contribution in [3.8, 4) is 0 Å². The molecule has 3 N–H and O–H groups in total. The average Bonchev–Trinajstić information content (AvgIpc) is 2.35. The Kier molecular flexibility index (Phi) is 6.05. The Bertz CT molecular complexity index is 409. The van der Waals surface area contributed by atoms with Crippen molar-refractivity contribution in [2.75, 3.05) is 17.2 Å². The molecule has 106 valence electrons. The fourth-order valence-corrected chi connectivity index (χ4v) is 1.54. The Labute approximate surface area is 113 Å². The molecular formula is C13H22N4O2. The summed E-state index contributed by atoms with van der Waals surface area (Å²) in [5.74, 6) is 1.00. The molecule has 1 atom stereocenters. The molecule has 0 bridgehead atoms. The van der Waals surface area contributed by atoms with Gasteiger partial charge in [-0.15, -0.1) is 0 Å². The third-order valence-electron chi connectivity index (χ3n) is 2.67. The Morgan fingerprint density at radius 3 is 2.63 bits per heavy atom. The summed E-state index contributed by atoms with van der Waals surface area (Å²) < 4.78 is 0. The van der Waals surface area contributed by atoms with Gasteiger partial charge in [-0.05, 0) is 25.7 Å². The van der Waals surface area contributed by atoms with E-state index < -0.39 is 12.0 Å². The zero-order chi connectivity index (χ0) is 14.3. The van der Waals surface area contributed by atoms with Crippen molar-refractivity contribution in [3.63, 3.8) is 0 Å². The van der Waals surface area contributed by atoms with Gasteiger partial charge in [0.25, 0.3) is 0 Å². The molecule has 0 amide bonds. The monoisotopic (exact) mass is 266 g/mol. The molecule has 0 aliphatic rings. The molecule has 0 saturated heterocycles. The van der Waals surface area contributed by atoms with Crippen molar-refractivity contribution in [3.05, 3.63) is 12.4 Å². The molecule has 6 nitrogen and oxygen atoms in total. The number of anilines is 2. The van der Waals surface area contributed by atoms with E-state index in [9.17, 15) is 4.79 Å². The number of carbonyl (C=O) groups is 1. The van der Waals surface area contributed by atoms with Gasteiger partial charge in [0, 0.05) is 12.6 Å². The molecule has 6 heteroatoms. The maximum Gasteiger partial charge on any atom is 0.325 e. The van der Waals surface area contributed by atoms with Gasteiger partial charge >= 0.3 is 5.97 Å². The first-order valence-electron chi connectivity index (χ1n) is 6.54. The molecule has 0 saturated carbocycles. The summed E-state index contributed by atoms with van der Waals surface area (Å²) in [5, 5.41) is 14.8. The van der Waals surface area contributed by atoms with Gasteiger partial charge in [-0.25, -0.2) is 9.97 Å². The van der Waals surface area contributed by atoms with Crippen LogP contribution in [0.25, 0.3) is 0 Å². The Balaban J connectivity index is 2.45. The molecule has 1 rings (SSSR count). The summed E-state index contributed by atoms with van der Waals surface area (Å²) in [4.78, 5) is 18.8. The molecule has 0 fully saturated rings. The van der Waals surface area contributed by atoms with Gasteiger partial charge in [0.2, 0.25) is 0 Å². The lowest BCUT2D eigenvalue weighted by atomic mass is 10.1. The summed E-state index contributed by atoms with van der Waals surface area (Å²) in [6, 6.07) is 1.04. The van der Waals surface area contributed by atoms with E-state index in [-0.39, 0.29) is 0 Å². The molecule has 19 heavy (non-hydrogen) atoms. The van der Waals surface area contributed by atoms with E-state index in [4.69, 9.17) is 5.11 Å². The van der Waals surface area contributed by atoms with Crippen LogP contribution in [-0.2, 0) is 4.79 Å². The molecule has 0 aromatic carbocycles. The molecule has 1 unspecified atom stereocenters. The number of hydrogen-bond donors (Lipinski definition) is 3. The van der Waals surface area contributed by atoms with Crippen LogP contribution in [0.5, 0.6) is 0 Å². The summed E-state index contributed by atoms with van der Waals surface area (Å²) >= 11 is 0. The molecule has 1 aromatic rings. The summed E-state index contributed by atoms with van der Waals surface area (Å²) in [6.07, 6.45) is 3.66. The highest BCUT2D eigenvalue weighted by atomic mass is 16.4. The molecule has 0 spiro atoms. The standard InChI is InChI=1S/C13H22N4O2/c1-9(2)5-4-6-14-11-7-12(16-8-15-11)17-10(3)13(18)19/h7-10H,4-6H2,1-3H3,(H,18,19)(H2,14,15,16,17). The predicted octanol–water partition coefficient (Wildman–Crippen LogP) is 2.21. The van der Waals surface area contributed by atoms with E-state index in [2.05, 4.69) is 34.4 Å². The number of rotatable bonds is 8. The van der Waals surface area contributed by atoms with E-state index in [0.717, 1.165) is 13.0 Å². The number of nitrogens with zero attached hydrogens (tertiary/aromatic N) is 2. The first-order chi connectivity index (χ1) is 8.99. The predicted molar refractivity (Wildman–Crippen MR) is 75.3 cm³/mol. The normalized spacial score (nSPS) is 12.2. The maximum absolute atomic E-state index is 10.7. The smallest absolute Gasteiger partial charge is 0.325 e. The number of carboxylic acids is 1. The summed E-state index contributed by atoms with van der Waals surface area (Å²) in [5.41, 5.74) is 0. The SMILES string of the molecule is CC(C)CCCNc1cc(NC(C)C(=O)O)ncn1.